The molecule has 4 nitrogen and oxygen atoms in total. The van der Waals surface area contributed by atoms with Gasteiger partial charge in [-0.05, 0) is 6.92 Å². The average molecular weight is 241 g/mol. The minimum absolute atomic E-state index is 0.0800. The molecule has 1 aliphatic heterocycles. The van der Waals surface area contributed by atoms with Gasteiger partial charge in [-0.2, -0.15) is 0 Å². The van der Waals surface area contributed by atoms with E-state index in [2.05, 4.69) is 27.9 Å². The standard InChI is InChI=1S/C11H19N3OS/c1-11(7-13-8-11)15-5-4-12-3-2-10-6-16-9-14-10/h6,9,12-13H,2-5,7-8H2,1H3. The molecule has 0 aliphatic carbocycles. The third-order valence-electron chi connectivity index (χ3n) is 2.77. The van der Waals surface area contributed by atoms with Gasteiger partial charge in [-0.25, -0.2) is 4.98 Å². The van der Waals surface area contributed by atoms with Crippen molar-refractivity contribution >= 4 is 11.3 Å². The maximum absolute atomic E-state index is 5.76. The number of aromatic nitrogens is 1. The van der Waals surface area contributed by atoms with Crippen molar-refractivity contribution in [3.63, 3.8) is 0 Å². The van der Waals surface area contributed by atoms with E-state index >= 15 is 0 Å². The van der Waals surface area contributed by atoms with Crippen molar-refractivity contribution in [2.24, 2.45) is 0 Å². The molecule has 0 spiro atoms. The molecule has 1 aromatic heterocycles. The van der Waals surface area contributed by atoms with Gasteiger partial charge in [-0.15, -0.1) is 11.3 Å². The lowest BCUT2D eigenvalue weighted by molar-refractivity contribution is -0.0647. The van der Waals surface area contributed by atoms with Crippen molar-refractivity contribution in [3.05, 3.63) is 16.6 Å². The Kier molecular flexibility index (Phi) is 4.29. The molecule has 1 aliphatic rings. The predicted molar refractivity (Wildman–Crippen MR) is 65.9 cm³/mol. The second-order valence-corrected chi connectivity index (χ2v) is 5.10. The van der Waals surface area contributed by atoms with Gasteiger partial charge in [0.2, 0.25) is 0 Å². The van der Waals surface area contributed by atoms with Crippen LogP contribution in [0.4, 0.5) is 0 Å². The summed E-state index contributed by atoms with van der Waals surface area (Å²) in [6.07, 6.45) is 1.00. The fourth-order valence-corrected chi connectivity index (χ4v) is 2.24. The molecule has 1 fully saturated rings. The van der Waals surface area contributed by atoms with Gasteiger partial charge >= 0.3 is 0 Å². The minimum atomic E-state index is 0.0800. The molecule has 0 bridgehead atoms. The van der Waals surface area contributed by atoms with E-state index in [9.17, 15) is 0 Å². The normalized spacial score (nSPS) is 18.3. The highest BCUT2D eigenvalue weighted by Crippen LogP contribution is 2.14. The maximum atomic E-state index is 5.76. The number of thiazole rings is 1. The Hall–Kier alpha value is -0.490. The first kappa shape index (κ1) is 12.0. The first-order valence-electron chi connectivity index (χ1n) is 5.71. The van der Waals surface area contributed by atoms with Crippen LogP contribution in [-0.4, -0.2) is 43.4 Å². The summed E-state index contributed by atoms with van der Waals surface area (Å²) in [5, 5.41) is 8.68. The van der Waals surface area contributed by atoms with Gasteiger partial charge in [0.25, 0.3) is 0 Å². The van der Waals surface area contributed by atoms with Crippen molar-refractivity contribution < 1.29 is 4.74 Å². The Morgan fingerprint density at radius 2 is 2.44 bits per heavy atom. The van der Waals surface area contributed by atoms with Crippen LogP contribution in [-0.2, 0) is 11.2 Å². The number of nitrogens with zero attached hydrogens (tertiary/aromatic N) is 1. The van der Waals surface area contributed by atoms with E-state index in [-0.39, 0.29) is 5.60 Å². The van der Waals surface area contributed by atoms with Crippen LogP contribution in [0.5, 0.6) is 0 Å². The molecule has 5 heteroatoms. The Morgan fingerprint density at radius 1 is 1.56 bits per heavy atom. The zero-order valence-electron chi connectivity index (χ0n) is 9.66. The number of nitrogens with one attached hydrogen (secondary N) is 2. The topological polar surface area (TPSA) is 46.2 Å². The summed E-state index contributed by atoms with van der Waals surface area (Å²) < 4.78 is 5.76. The zero-order chi connectivity index (χ0) is 11.3. The van der Waals surface area contributed by atoms with Gasteiger partial charge < -0.3 is 15.4 Å². The van der Waals surface area contributed by atoms with Crippen molar-refractivity contribution in [2.75, 3.05) is 32.8 Å². The number of hydrogen-bond acceptors (Lipinski definition) is 5. The smallest absolute Gasteiger partial charge is 0.0902 e. The largest absolute Gasteiger partial charge is 0.371 e. The summed E-state index contributed by atoms with van der Waals surface area (Å²) in [5.41, 5.74) is 3.13. The molecule has 0 aromatic carbocycles. The molecule has 16 heavy (non-hydrogen) atoms. The molecule has 0 atom stereocenters. The summed E-state index contributed by atoms with van der Waals surface area (Å²) in [5.74, 6) is 0. The first-order chi connectivity index (χ1) is 7.79. The Labute approximate surface area is 100 Å². The van der Waals surface area contributed by atoms with Crippen LogP contribution in [0.3, 0.4) is 0 Å². The lowest BCUT2D eigenvalue weighted by atomic mass is 10.0. The molecular weight excluding hydrogens is 222 g/mol. The van der Waals surface area contributed by atoms with E-state index < -0.39 is 0 Å². The van der Waals surface area contributed by atoms with E-state index in [0.717, 1.165) is 39.2 Å². The highest BCUT2D eigenvalue weighted by molar-refractivity contribution is 7.07. The summed E-state index contributed by atoms with van der Waals surface area (Å²) >= 11 is 1.65. The third kappa shape index (κ3) is 3.52. The van der Waals surface area contributed by atoms with E-state index in [1.807, 2.05) is 5.51 Å². The molecule has 1 saturated heterocycles. The van der Waals surface area contributed by atoms with E-state index in [1.165, 1.54) is 5.69 Å². The third-order valence-corrected chi connectivity index (χ3v) is 3.40. The zero-order valence-corrected chi connectivity index (χ0v) is 10.5. The second-order valence-electron chi connectivity index (χ2n) is 4.38. The van der Waals surface area contributed by atoms with E-state index in [4.69, 9.17) is 4.74 Å². The van der Waals surface area contributed by atoms with Crippen molar-refractivity contribution in [1.82, 2.24) is 15.6 Å². The predicted octanol–water partition coefficient (Wildman–Crippen LogP) is 0.654. The van der Waals surface area contributed by atoms with Gasteiger partial charge in [-0.3, -0.25) is 0 Å². The number of hydrogen-bond donors (Lipinski definition) is 2. The summed E-state index contributed by atoms with van der Waals surface area (Å²) in [6, 6.07) is 0. The maximum Gasteiger partial charge on any atom is 0.0902 e. The Balaban J connectivity index is 1.46. The van der Waals surface area contributed by atoms with Gasteiger partial charge in [0, 0.05) is 38.0 Å². The molecule has 0 amide bonds. The lowest BCUT2D eigenvalue weighted by Crippen LogP contribution is -2.59. The highest BCUT2D eigenvalue weighted by atomic mass is 32.1. The molecule has 0 saturated carbocycles. The molecule has 2 N–H and O–H groups in total. The van der Waals surface area contributed by atoms with Crippen molar-refractivity contribution in [3.8, 4) is 0 Å². The summed E-state index contributed by atoms with van der Waals surface area (Å²) in [6.45, 7) is 6.79. The first-order valence-corrected chi connectivity index (χ1v) is 6.65. The monoisotopic (exact) mass is 241 g/mol. The fraction of sp³-hybridized carbons (Fsp3) is 0.727. The van der Waals surface area contributed by atoms with Gasteiger partial charge in [0.15, 0.2) is 0 Å². The minimum Gasteiger partial charge on any atom is -0.371 e. The highest BCUT2D eigenvalue weighted by Gasteiger charge is 2.31. The summed E-state index contributed by atoms with van der Waals surface area (Å²) in [4.78, 5) is 4.23. The molecule has 0 unspecified atom stereocenters. The lowest BCUT2D eigenvalue weighted by Gasteiger charge is -2.39. The SMILES string of the molecule is CC1(OCCNCCc2cscn2)CNC1. The second kappa shape index (κ2) is 5.72. The molecule has 2 rings (SSSR count). The van der Waals surface area contributed by atoms with E-state index in [1.54, 1.807) is 11.3 Å². The van der Waals surface area contributed by atoms with Crippen LogP contribution in [0.15, 0.2) is 10.9 Å². The molecule has 0 radical (unpaired) electrons. The average Bonchev–Trinajstić information content (AvgIpc) is 2.73. The fourth-order valence-electron chi connectivity index (χ4n) is 1.65. The Morgan fingerprint density at radius 3 is 3.06 bits per heavy atom. The van der Waals surface area contributed by atoms with Crippen LogP contribution in [0, 0.1) is 0 Å². The van der Waals surface area contributed by atoms with Crippen LogP contribution in [0.2, 0.25) is 0 Å². The van der Waals surface area contributed by atoms with Gasteiger partial charge in [0.05, 0.1) is 23.4 Å². The summed E-state index contributed by atoms with van der Waals surface area (Å²) in [7, 11) is 0. The van der Waals surface area contributed by atoms with Gasteiger partial charge in [-0.1, -0.05) is 0 Å². The number of ether oxygens (including phenoxy) is 1. The van der Waals surface area contributed by atoms with E-state index in [0.29, 0.717) is 0 Å². The van der Waals surface area contributed by atoms with Crippen molar-refractivity contribution in [1.29, 1.82) is 0 Å². The quantitative estimate of drug-likeness (QED) is 0.688. The van der Waals surface area contributed by atoms with Crippen molar-refractivity contribution in [2.45, 2.75) is 18.9 Å². The Bertz CT molecular complexity index is 298. The molecule has 2 heterocycles. The van der Waals surface area contributed by atoms with Crippen LogP contribution in [0.25, 0.3) is 0 Å². The van der Waals surface area contributed by atoms with Crippen LogP contribution in [0.1, 0.15) is 12.6 Å². The molecular formula is C11H19N3OS. The van der Waals surface area contributed by atoms with Gasteiger partial charge in [0.1, 0.15) is 0 Å². The van der Waals surface area contributed by atoms with Crippen LogP contribution >= 0.6 is 11.3 Å². The molecule has 90 valence electrons. The number of rotatable bonds is 7. The molecule has 1 aromatic rings. The van der Waals surface area contributed by atoms with Crippen LogP contribution < -0.4 is 10.6 Å².